The number of nitrogens with one attached hydrogen (secondary N) is 1. The van der Waals surface area contributed by atoms with E-state index in [2.05, 4.69) is 48.3 Å². The number of methoxy groups -OCH3 is 2. The molecule has 0 bridgehead atoms. The molecule has 0 amide bonds. The summed E-state index contributed by atoms with van der Waals surface area (Å²) in [4.78, 5) is 2.35. The van der Waals surface area contributed by atoms with Crippen LogP contribution in [0, 0.1) is 0 Å². The highest BCUT2D eigenvalue weighted by molar-refractivity contribution is 7.80. The Labute approximate surface area is 186 Å². The number of nitrogens with zero attached hydrogens (tertiary/aromatic N) is 1. The van der Waals surface area contributed by atoms with Gasteiger partial charge in [0, 0.05) is 23.8 Å². The van der Waals surface area contributed by atoms with Gasteiger partial charge < -0.3 is 19.7 Å². The summed E-state index contributed by atoms with van der Waals surface area (Å²) in [5.74, 6) is 1.54. The molecule has 1 aliphatic rings. The maximum Gasteiger partial charge on any atom is 0.173 e. The lowest BCUT2D eigenvalue weighted by molar-refractivity contribution is 0.300. The summed E-state index contributed by atoms with van der Waals surface area (Å²) >= 11 is 5.99. The molecule has 1 saturated carbocycles. The van der Waals surface area contributed by atoms with Gasteiger partial charge in [0.1, 0.15) is 0 Å². The second-order valence-electron chi connectivity index (χ2n) is 7.81. The molecule has 4 nitrogen and oxygen atoms in total. The molecule has 0 radical (unpaired) electrons. The molecule has 0 aliphatic heterocycles. The van der Waals surface area contributed by atoms with Crippen LogP contribution in [0.2, 0.25) is 0 Å². The van der Waals surface area contributed by atoms with Crippen molar-refractivity contribution in [2.24, 2.45) is 0 Å². The van der Waals surface area contributed by atoms with E-state index < -0.39 is 0 Å². The first-order valence-corrected chi connectivity index (χ1v) is 11.4. The van der Waals surface area contributed by atoms with Crippen molar-refractivity contribution in [1.29, 1.82) is 0 Å². The smallest absolute Gasteiger partial charge is 0.173 e. The van der Waals surface area contributed by atoms with Gasteiger partial charge in [-0.3, -0.25) is 0 Å². The Kier molecular flexibility index (Phi) is 7.97. The highest BCUT2D eigenvalue weighted by Crippen LogP contribution is 2.34. The van der Waals surface area contributed by atoms with Gasteiger partial charge in [0.2, 0.25) is 0 Å². The predicted molar refractivity (Wildman–Crippen MR) is 129 cm³/mol. The number of para-hydroxylation sites is 2. The molecule has 0 atom stereocenters. The maximum absolute atomic E-state index is 5.99. The van der Waals surface area contributed by atoms with Crippen molar-refractivity contribution in [2.75, 3.05) is 19.5 Å². The average molecular weight is 427 g/mol. The topological polar surface area (TPSA) is 33.7 Å². The normalized spacial score (nSPS) is 13.9. The summed E-state index contributed by atoms with van der Waals surface area (Å²) in [6.07, 6.45) is 6.81. The van der Waals surface area contributed by atoms with E-state index >= 15 is 0 Å². The van der Waals surface area contributed by atoms with E-state index in [0.29, 0.717) is 12.6 Å². The number of hydrogen-bond donors (Lipinski definition) is 1. The molecule has 1 aliphatic carbocycles. The minimum atomic E-state index is 0.444. The van der Waals surface area contributed by atoms with Crippen molar-refractivity contribution >= 4 is 23.0 Å². The van der Waals surface area contributed by atoms with Gasteiger partial charge in [-0.05, 0) is 55.1 Å². The zero-order valence-electron chi connectivity index (χ0n) is 18.7. The molecule has 162 valence electrons. The van der Waals surface area contributed by atoms with Gasteiger partial charge in [-0.1, -0.05) is 57.0 Å². The van der Waals surface area contributed by atoms with Crippen molar-refractivity contribution in [1.82, 2.24) is 4.90 Å². The molecular weight excluding hydrogens is 392 g/mol. The molecule has 0 spiro atoms. The van der Waals surface area contributed by atoms with Crippen molar-refractivity contribution < 1.29 is 9.47 Å². The van der Waals surface area contributed by atoms with Crippen LogP contribution in [0.3, 0.4) is 0 Å². The van der Waals surface area contributed by atoms with Crippen LogP contribution in [-0.2, 0) is 19.4 Å². The Balaban J connectivity index is 1.91. The summed E-state index contributed by atoms with van der Waals surface area (Å²) in [6, 6.07) is 13.0. The Morgan fingerprint density at radius 3 is 2.13 bits per heavy atom. The van der Waals surface area contributed by atoms with E-state index in [1.54, 1.807) is 14.2 Å². The maximum atomic E-state index is 5.99. The minimum absolute atomic E-state index is 0.444. The predicted octanol–water partition coefficient (Wildman–Crippen LogP) is 5.97. The lowest BCUT2D eigenvalue weighted by atomic mass is 10.0. The van der Waals surface area contributed by atoms with E-state index in [1.165, 1.54) is 42.5 Å². The summed E-state index contributed by atoms with van der Waals surface area (Å²) in [5.41, 5.74) is 4.88. The third-order valence-corrected chi connectivity index (χ3v) is 6.42. The van der Waals surface area contributed by atoms with E-state index in [9.17, 15) is 0 Å². The van der Waals surface area contributed by atoms with E-state index in [4.69, 9.17) is 21.7 Å². The fourth-order valence-electron chi connectivity index (χ4n) is 4.43. The third-order valence-electron chi connectivity index (χ3n) is 6.08. The van der Waals surface area contributed by atoms with Crippen LogP contribution < -0.4 is 14.8 Å². The average Bonchev–Trinajstić information content (AvgIpc) is 3.31. The molecule has 0 saturated heterocycles. The zero-order chi connectivity index (χ0) is 21.5. The van der Waals surface area contributed by atoms with Crippen LogP contribution >= 0.6 is 12.2 Å². The summed E-state index contributed by atoms with van der Waals surface area (Å²) in [6.45, 7) is 5.09. The molecule has 0 aromatic heterocycles. The Hall–Kier alpha value is -2.27. The van der Waals surface area contributed by atoms with Gasteiger partial charge in [0.25, 0.3) is 0 Å². The van der Waals surface area contributed by atoms with Gasteiger partial charge in [0.15, 0.2) is 16.6 Å². The molecule has 0 unspecified atom stereocenters. The van der Waals surface area contributed by atoms with Crippen molar-refractivity contribution in [3.63, 3.8) is 0 Å². The van der Waals surface area contributed by atoms with Crippen LogP contribution in [0.25, 0.3) is 0 Å². The summed E-state index contributed by atoms with van der Waals surface area (Å²) in [5, 5.41) is 4.42. The fraction of sp³-hybridized carbons (Fsp3) is 0.480. The van der Waals surface area contributed by atoms with Gasteiger partial charge >= 0.3 is 0 Å². The number of benzene rings is 2. The highest BCUT2D eigenvalue weighted by Gasteiger charge is 2.27. The number of hydrogen-bond acceptors (Lipinski definition) is 3. The first-order chi connectivity index (χ1) is 14.6. The van der Waals surface area contributed by atoms with E-state index in [0.717, 1.165) is 35.0 Å². The molecule has 2 aromatic rings. The van der Waals surface area contributed by atoms with E-state index in [-0.39, 0.29) is 0 Å². The number of anilines is 1. The van der Waals surface area contributed by atoms with Crippen LogP contribution in [0.15, 0.2) is 36.4 Å². The van der Waals surface area contributed by atoms with Crippen LogP contribution in [-0.4, -0.2) is 30.3 Å². The lowest BCUT2D eigenvalue weighted by Crippen LogP contribution is -2.41. The Morgan fingerprint density at radius 1 is 0.967 bits per heavy atom. The van der Waals surface area contributed by atoms with Crippen LogP contribution in [0.4, 0.5) is 5.69 Å². The molecule has 2 aromatic carbocycles. The van der Waals surface area contributed by atoms with Gasteiger partial charge in [-0.2, -0.15) is 0 Å². The SMILES string of the molecule is CCc1cccc(CC)c1NC(=S)N(Cc1cccc(OC)c1OC)C1CCCC1. The first-order valence-electron chi connectivity index (χ1n) is 11.0. The molecule has 30 heavy (non-hydrogen) atoms. The van der Waals surface area contributed by atoms with Crippen molar-refractivity contribution in [3.05, 3.63) is 53.1 Å². The number of aryl methyl sites for hydroxylation is 2. The van der Waals surface area contributed by atoms with Gasteiger partial charge in [0.05, 0.1) is 14.2 Å². The molecule has 0 heterocycles. The largest absolute Gasteiger partial charge is 0.493 e. The minimum Gasteiger partial charge on any atom is -0.493 e. The lowest BCUT2D eigenvalue weighted by Gasteiger charge is -2.33. The van der Waals surface area contributed by atoms with Gasteiger partial charge in [-0.15, -0.1) is 0 Å². The molecule has 3 rings (SSSR count). The Morgan fingerprint density at radius 2 is 1.57 bits per heavy atom. The molecule has 1 N–H and O–H groups in total. The quantitative estimate of drug-likeness (QED) is 0.526. The molecule has 1 fully saturated rings. The zero-order valence-corrected chi connectivity index (χ0v) is 19.5. The van der Waals surface area contributed by atoms with Crippen LogP contribution in [0.1, 0.15) is 56.2 Å². The highest BCUT2D eigenvalue weighted by atomic mass is 32.1. The standard InChI is InChI=1S/C25H34N2O2S/c1-5-18-11-9-12-19(6-2)23(18)26-25(30)27(21-14-7-8-15-21)17-20-13-10-16-22(28-3)24(20)29-4/h9-13,16,21H,5-8,14-15,17H2,1-4H3,(H,26,30). The monoisotopic (exact) mass is 426 g/mol. The third kappa shape index (κ3) is 4.89. The first kappa shape index (κ1) is 22.4. The molecule has 5 heteroatoms. The molecular formula is C25H34N2O2S. The van der Waals surface area contributed by atoms with E-state index in [1.807, 2.05) is 12.1 Å². The number of thiocarbonyl (C=S) groups is 1. The Bertz CT molecular complexity index is 840. The van der Waals surface area contributed by atoms with Gasteiger partial charge in [-0.25, -0.2) is 0 Å². The van der Waals surface area contributed by atoms with Crippen molar-refractivity contribution in [2.45, 2.75) is 65.0 Å². The summed E-state index contributed by atoms with van der Waals surface area (Å²) < 4.78 is 11.2. The second-order valence-corrected chi connectivity index (χ2v) is 8.19. The number of ether oxygens (including phenoxy) is 2. The van der Waals surface area contributed by atoms with Crippen LogP contribution in [0.5, 0.6) is 11.5 Å². The fourth-order valence-corrected chi connectivity index (χ4v) is 4.74. The second kappa shape index (κ2) is 10.7. The summed E-state index contributed by atoms with van der Waals surface area (Å²) in [7, 11) is 3.37. The number of rotatable bonds is 8. The van der Waals surface area contributed by atoms with Crippen molar-refractivity contribution in [3.8, 4) is 11.5 Å².